The van der Waals surface area contributed by atoms with Crippen LogP contribution in [0.15, 0.2) is 64.0 Å². The molecule has 0 aliphatic heterocycles. The summed E-state index contributed by atoms with van der Waals surface area (Å²) in [5.41, 5.74) is -1.61. The molecule has 1 aromatic carbocycles. The molecule has 0 aliphatic carbocycles. The summed E-state index contributed by atoms with van der Waals surface area (Å²) >= 11 is 0. The molecule has 0 saturated heterocycles. The zero-order valence-electron chi connectivity index (χ0n) is 12.4. The van der Waals surface area contributed by atoms with Gasteiger partial charge in [-0.3, -0.25) is 0 Å². The number of nitrogens with zero attached hydrogens (tertiary/aromatic N) is 3. The highest BCUT2D eigenvalue weighted by Crippen LogP contribution is 2.02. The quantitative estimate of drug-likeness (QED) is 0.738. The van der Waals surface area contributed by atoms with Crippen molar-refractivity contribution in [1.82, 2.24) is 13.7 Å². The average Bonchev–Trinajstić information content (AvgIpc) is 2.54. The Morgan fingerprint density at radius 2 is 1.26 bits per heavy atom. The Kier molecular flexibility index (Phi) is 4.90. The smallest absolute Gasteiger partial charge is 0.247 e. The van der Waals surface area contributed by atoms with Gasteiger partial charge in [0.05, 0.1) is 19.6 Å². The lowest BCUT2D eigenvalue weighted by Gasteiger charge is -2.12. The van der Waals surface area contributed by atoms with E-state index >= 15 is 0 Å². The summed E-state index contributed by atoms with van der Waals surface area (Å²) in [6.07, 6.45) is 2.79. The molecule has 6 nitrogen and oxygen atoms in total. The number of hydrogen-bond donors (Lipinski definition) is 0. The van der Waals surface area contributed by atoms with Crippen molar-refractivity contribution in [2.45, 2.75) is 19.6 Å². The number of allylic oxidation sites excluding steroid dienone is 2. The highest BCUT2D eigenvalue weighted by molar-refractivity contribution is 5.16. The Bertz CT molecular complexity index is 856. The first-order valence-corrected chi connectivity index (χ1v) is 6.90. The van der Waals surface area contributed by atoms with Gasteiger partial charge >= 0.3 is 17.1 Å². The van der Waals surface area contributed by atoms with E-state index in [-0.39, 0.29) is 19.6 Å². The van der Waals surface area contributed by atoms with Gasteiger partial charge in [0.1, 0.15) is 5.82 Å². The second-order valence-electron chi connectivity index (χ2n) is 4.86. The van der Waals surface area contributed by atoms with Crippen molar-refractivity contribution in [3.8, 4) is 0 Å². The Morgan fingerprint density at radius 3 is 1.70 bits per heavy atom. The highest BCUT2D eigenvalue weighted by Gasteiger charge is 2.14. The number of hydrogen-bond acceptors (Lipinski definition) is 3. The summed E-state index contributed by atoms with van der Waals surface area (Å²) in [5.74, 6) is -0.415. The van der Waals surface area contributed by atoms with Crippen LogP contribution >= 0.6 is 0 Å². The third kappa shape index (κ3) is 3.28. The first kappa shape index (κ1) is 16.4. The van der Waals surface area contributed by atoms with E-state index in [0.29, 0.717) is 5.56 Å². The molecule has 0 unspecified atom stereocenters. The molecule has 120 valence electrons. The second-order valence-corrected chi connectivity index (χ2v) is 4.86. The maximum Gasteiger partial charge on any atom is 0.336 e. The van der Waals surface area contributed by atoms with Gasteiger partial charge in [0.25, 0.3) is 0 Å². The van der Waals surface area contributed by atoms with Crippen LogP contribution < -0.4 is 17.1 Å². The van der Waals surface area contributed by atoms with Gasteiger partial charge in [0.2, 0.25) is 0 Å². The molecule has 0 amide bonds. The minimum absolute atomic E-state index is 0.0154. The lowest BCUT2D eigenvalue weighted by Crippen LogP contribution is -2.54. The van der Waals surface area contributed by atoms with Crippen LogP contribution in [0.3, 0.4) is 0 Å². The normalized spacial score (nSPS) is 10.5. The van der Waals surface area contributed by atoms with E-state index < -0.39 is 22.9 Å². The van der Waals surface area contributed by atoms with Gasteiger partial charge in [-0.25, -0.2) is 32.5 Å². The van der Waals surface area contributed by atoms with Crippen molar-refractivity contribution in [1.29, 1.82) is 0 Å². The van der Waals surface area contributed by atoms with E-state index in [0.717, 1.165) is 13.7 Å². The van der Waals surface area contributed by atoms with Gasteiger partial charge in [-0.2, -0.15) is 0 Å². The molecule has 0 bridgehead atoms. The fourth-order valence-corrected chi connectivity index (χ4v) is 2.16. The lowest BCUT2D eigenvalue weighted by molar-refractivity contribution is 0.498. The maximum absolute atomic E-state index is 13.0. The molecule has 0 atom stereocenters. The second kappa shape index (κ2) is 6.87. The van der Waals surface area contributed by atoms with Crippen molar-refractivity contribution in [2.24, 2.45) is 0 Å². The number of aromatic nitrogens is 3. The third-order valence-corrected chi connectivity index (χ3v) is 3.26. The van der Waals surface area contributed by atoms with Crippen LogP contribution in [0.4, 0.5) is 4.39 Å². The van der Waals surface area contributed by atoms with Gasteiger partial charge < -0.3 is 0 Å². The molecular formula is C16H16FN3O3. The van der Waals surface area contributed by atoms with Gasteiger partial charge in [0.15, 0.2) is 0 Å². The molecule has 2 aromatic rings. The van der Waals surface area contributed by atoms with Crippen molar-refractivity contribution in [3.63, 3.8) is 0 Å². The molecule has 1 aromatic heterocycles. The van der Waals surface area contributed by atoms with Gasteiger partial charge in [-0.15, -0.1) is 13.2 Å². The summed E-state index contributed by atoms with van der Waals surface area (Å²) in [4.78, 5) is 37.0. The minimum Gasteiger partial charge on any atom is -0.247 e. The van der Waals surface area contributed by atoms with Crippen LogP contribution in [0.2, 0.25) is 0 Å². The summed E-state index contributed by atoms with van der Waals surface area (Å²) in [7, 11) is 0. The predicted molar refractivity (Wildman–Crippen MR) is 85.1 cm³/mol. The van der Waals surface area contributed by atoms with Gasteiger partial charge in [0, 0.05) is 0 Å². The first-order valence-electron chi connectivity index (χ1n) is 6.90. The molecule has 0 spiro atoms. The monoisotopic (exact) mass is 317 g/mol. The zero-order chi connectivity index (χ0) is 17.0. The van der Waals surface area contributed by atoms with Crippen LogP contribution in [0.1, 0.15) is 5.56 Å². The molecule has 7 heteroatoms. The molecule has 0 fully saturated rings. The average molecular weight is 317 g/mol. The number of rotatable bonds is 6. The van der Waals surface area contributed by atoms with Gasteiger partial charge in [-0.1, -0.05) is 24.3 Å². The summed E-state index contributed by atoms with van der Waals surface area (Å²) < 4.78 is 15.7. The van der Waals surface area contributed by atoms with Crippen LogP contribution in [-0.4, -0.2) is 13.7 Å². The summed E-state index contributed by atoms with van der Waals surface area (Å²) in [6, 6.07) is 5.43. The van der Waals surface area contributed by atoms with E-state index in [1.54, 1.807) is 0 Å². The SMILES string of the molecule is C=CCn1c(=O)n(CC=C)c(=O)n(Cc2ccc(F)cc2)c1=O. The largest absolute Gasteiger partial charge is 0.336 e. The van der Waals surface area contributed by atoms with Crippen molar-refractivity contribution in [3.05, 3.63) is 92.4 Å². The predicted octanol–water partition coefficient (Wildman–Crippen LogP) is 0.731. The molecule has 0 radical (unpaired) electrons. The standard InChI is InChI=1S/C16H16FN3O3/c1-3-9-18-14(21)19(10-4-2)16(23)20(15(18)22)11-12-5-7-13(17)8-6-12/h3-8H,1-2,9-11H2. The number of benzene rings is 1. The molecule has 1 heterocycles. The minimum atomic E-state index is -0.732. The van der Waals surface area contributed by atoms with Gasteiger partial charge in [-0.05, 0) is 17.7 Å². The lowest BCUT2D eigenvalue weighted by atomic mass is 10.2. The molecule has 0 N–H and O–H groups in total. The Balaban J connectivity index is 2.66. The molecule has 2 rings (SSSR count). The van der Waals surface area contributed by atoms with Crippen LogP contribution in [-0.2, 0) is 19.6 Å². The maximum atomic E-state index is 13.0. The molecular weight excluding hydrogens is 301 g/mol. The van der Waals surface area contributed by atoms with E-state index in [1.165, 1.54) is 36.4 Å². The summed E-state index contributed by atoms with van der Waals surface area (Å²) in [5, 5.41) is 0. The van der Waals surface area contributed by atoms with Crippen LogP contribution in [0.25, 0.3) is 0 Å². The topological polar surface area (TPSA) is 66.0 Å². The Hall–Kier alpha value is -2.96. The van der Waals surface area contributed by atoms with Crippen LogP contribution in [0.5, 0.6) is 0 Å². The Morgan fingerprint density at radius 1 is 0.826 bits per heavy atom. The fourth-order valence-electron chi connectivity index (χ4n) is 2.16. The fraction of sp³-hybridized carbons (Fsp3) is 0.188. The van der Waals surface area contributed by atoms with Crippen LogP contribution in [0, 0.1) is 5.82 Å². The zero-order valence-corrected chi connectivity index (χ0v) is 12.4. The van der Waals surface area contributed by atoms with E-state index in [1.807, 2.05) is 0 Å². The highest BCUT2D eigenvalue weighted by atomic mass is 19.1. The van der Waals surface area contributed by atoms with E-state index in [4.69, 9.17) is 0 Å². The van der Waals surface area contributed by atoms with Crippen molar-refractivity contribution >= 4 is 0 Å². The summed E-state index contributed by atoms with van der Waals surface area (Å²) in [6.45, 7) is 6.91. The number of halogens is 1. The Labute approximate surface area is 131 Å². The molecule has 0 aliphatic rings. The van der Waals surface area contributed by atoms with E-state index in [2.05, 4.69) is 13.2 Å². The molecule has 0 saturated carbocycles. The van der Waals surface area contributed by atoms with Crippen molar-refractivity contribution in [2.75, 3.05) is 0 Å². The van der Waals surface area contributed by atoms with Crippen molar-refractivity contribution < 1.29 is 4.39 Å². The third-order valence-electron chi connectivity index (χ3n) is 3.26. The molecule has 23 heavy (non-hydrogen) atoms. The first-order chi connectivity index (χ1) is 11.0. The van der Waals surface area contributed by atoms with E-state index in [9.17, 15) is 18.8 Å².